The minimum Gasteiger partial charge on any atom is -0.265 e. The molecular formula is C14H10ClF3N4O. The van der Waals surface area contributed by atoms with Crippen LogP contribution in [0.25, 0.3) is 10.9 Å². The first-order chi connectivity index (χ1) is 11.0. The Morgan fingerprint density at radius 2 is 1.96 bits per heavy atom. The molecule has 0 aliphatic rings. The molecule has 0 bridgehead atoms. The van der Waals surface area contributed by atoms with E-state index in [-0.39, 0.29) is 22.6 Å². The number of nitrogens with zero attached hydrogens (tertiary/aromatic N) is 4. The maximum Gasteiger partial charge on any atom is 0.295 e. The summed E-state index contributed by atoms with van der Waals surface area (Å²) in [6.45, 7) is -0.818. The van der Waals surface area contributed by atoms with Gasteiger partial charge < -0.3 is 0 Å². The van der Waals surface area contributed by atoms with E-state index in [0.29, 0.717) is 10.2 Å². The number of hydrogen-bond acceptors (Lipinski definition) is 3. The zero-order valence-electron chi connectivity index (χ0n) is 11.6. The third kappa shape index (κ3) is 2.94. The van der Waals surface area contributed by atoms with Crippen molar-refractivity contribution in [1.29, 1.82) is 0 Å². The molecule has 0 spiro atoms. The molecule has 0 unspecified atom stereocenters. The summed E-state index contributed by atoms with van der Waals surface area (Å²) in [5.74, 6) is -0.434. The van der Waals surface area contributed by atoms with Gasteiger partial charge in [-0.25, -0.2) is 22.5 Å². The van der Waals surface area contributed by atoms with E-state index in [1.54, 1.807) is 18.2 Å². The topological polar surface area (TPSA) is 52.7 Å². The van der Waals surface area contributed by atoms with Gasteiger partial charge in [-0.3, -0.25) is 4.79 Å². The van der Waals surface area contributed by atoms with Crippen molar-refractivity contribution in [2.24, 2.45) is 0 Å². The normalized spacial score (nSPS) is 11.5. The smallest absolute Gasteiger partial charge is 0.265 e. The van der Waals surface area contributed by atoms with Crippen LogP contribution in [-0.2, 0) is 13.1 Å². The summed E-state index contributed by atoms with van der Waals surface area (Å²) in [6, 6.07) is 6.06. The Hall–Kier alpha value is -2.35. The molecule has 0 radical (unpaired) electrons. The largest absolute Gasteiger partial charge is 0.295 e. The number of rotatable bonds is 4. The molecule has 120 valence electrons. The Bertz CT molecular complexity index is 922. The van der Waals surface area contributed by atoms with Crippen molar-refractivity contribution in [2.45, 2.75) is 19.5 Å². The van der Waals surface area contributed by atoms with Crippen molar-refractivity contribution in [2.75, 3.05) is 0 Å². The second kappa shape index (κ2) is 6.04. The molecule has 1 aromatic carbocycles. The molecule has 2 aromatic heterocycles. The number of hydrogen-bond donors (Lipinski definition) is 0. The summed E-state index contributed by atoms with van der Waals surface area (Å²) in [5.41, 5.74) is -0.512. The molecule has 2 heterocycles. The first kappa shape index (κ1) is 15.5. The van der Waals surface area contributed by atoms with E-state index >= 15 is 0 Å². The van der Waals surface area contributed by atoms with Gasteiger partial charge in [0.2, 0.25) is 0 Å². The second-order valence-corrected chi connectivity index (χ2v) is 5.18. The highest BCUT2D eigenvalue weighted by atomic mass is 35.5. The lowest BCUT2D eigenvalue weighted by Gasteiger charge is -2.04. The molecule has 3 aromatic rings. The molecule has 0 fully saturated rings. The maximum absolute atomic E-state index is 13.7. The highest BCUT2D eigenvalue weighted by Gasteiger charge is 2.17. The fraction of sp³-hybridized carbons (Fsp3) is 0.214. The second-order valence-electron chi connectivity index (χ2n) is 4.83. The number of halogens is 4. The van der Waals surface area contributed by atoms with Crippen LogP contribution in [0.15, 0.2) is 35.3 Å². The van der Waals surface area contributed by atoms with Crippen LogP contribution in [0, 0.1) is 5.82 Å². The van der Waals surface area contributed by atoms with E-state index in [2.05, 4.69) is 10.2 Å². The van der Waals surface area contributed by atoms with Gasteiger partial charge in [0.25, 0.3) is 12.0 Å². The summed E-state index contributed by atoms with van der Waals surface area (Å²) in [7, 11) is 0. The summed E-state index contributed by atoms with van der Waals surface area (Å²) in [5, 5.41) is 8.00. The Balaban J connectivity index is 2.06. The van der Waals surface area contributed by atoms with E-state index in [4.69, 9.17) is 11.6 Å². The SMILES string of the molecule is O=c1c2nn(Cc3ccccc3F)c(Cl)c2cnn1CC(F)F. The van der Waals surface area contributed by atoms with Gasteiger partial charge in [0.1, 0.15) is 17.5 Å². The molecule has 0 saturated carbocycles. The summed E-state index contributed by atoms with van der Waals surface area (Å²) in [6.07, 6.45) is -1.51. The standard InChI is InChI=1S/C14H10ClF3N4O/c15-13-9-5-19-22(7-11(17)18)14(23)12(9)20-21(13)6-8-3-1-2-4-10(8)16/h1-5,11H,6-7H2. The van der Waals surface area contributed by atoms with Gasteiger partial charge in [-0.15, -0.1) is 0 Å². The number of benzene rings is 1. The number of aromatic nitrogens is 4. The van der Waals surface area contributed by atoms with E-state index in [9.17, 15) is 18.0 Å². The van der Waals surface area contributed by atoms with Crippen molar-refractivity contribution in [3.63, 3.8) is 0 Å². The molecule has 0 aliphatic carbocycles. The summed E-state index contributed by atoms with van der Waals surface area (Å²) >= 11 is 6.13. The Kier molecular flexibility index (Phi) is 4.08. The fourth-order valence-electron chi connectivity index (χ4n) is 2.18. The third-order valence-corrected chi connectivity index (χ3v) is 3.68. The fourth-order valence-corrected chi connectivity index (χ4v) is 2.42. The minimum absolute atomic E-state index is 0.00841. The maximum atomic E-state index is 13.7. The summed E-state index contributed by atoms with van der Waals surface area (Å²) < 4.78 is 40.4. The van der Waals surface area contributed by atoms with Crippen LogP contribution in [0.5, 0.6) is 0 Å². The molecule has 23 heavy (non-hydrogen) atoms. The van der Waals surface area contributed by atoms with Gasteiger partial charge in [0.05, 0.1) is 18.1 Å². The molecule has 5 nitrogen and oxygen atoms in total. The molecule has 0 N–H and O–H groups in total. The third-order valence-electron chi connectivity index (χ3n) is 3.28. The van der Waals surface area contributed by atoms with E-state index < -0.39 is 24.3 Å². The molecular weight excluding hydrogens is 333 g/mol. The van der Waals surface area contributed by atoms with E-state index in [1.165, 1.54) is 16.9 Å². The van der Waals surface area contributed by atoms with Crippen molar-refractivity contribution in [1.82, 2.24) is 19.6 Å². The molecule has 9 heteroatoms. The molecule has 0 saturated heterocycles. The lowest BCUT2D eigenvalue weighted by molar-refractivity contribution is 0.120. The quantitative estimate of drug-likeness (QED) is 0.732. The van der Waals surface area contributed by atoms with Gasteiger partial charge >= 0.3 is 0 Å². The van der Waals surface area contributed by atoms with Crippen molar-refractivity contribution < 1.29 is 13.2 Å². The zero-order valence-corrected chi connectivity index (χ0v) is 12.3. The Morgan fingerprint density at radius 3 is 2.65 bits per heavy atom. The predicted molar refractivity (Wildman–Crippen MR) is 78.3 cm³/mol. The van der Waals surface area contributed by atoms with Crippen LogP contribution in [0.2, 0.25) is 5.15 Å². The van der Waals surface area contributed by atoms with Gasteiger partial charge in [0, 0.05) is 5.56 Å². The Labute approximate surface area is 132 Å². The van der Waals surface area contributed by atoms with Crippen molar-refractivity contribution >= 4 is 22.5 Å². The van der Waals surface area contributed by atoms with Crippen molar-refractivity contribution in [3.8, 4) is 0 Å². The van der Waals surface area contributed by atoms with E-state index in [0.717, 1.165) is 0 Å². The molecule has 0 aliphatic heterocycles. The summed E-state index contributed by atoms with van der Waals surface area (Å²) in [4.78, 5) is 12.1. The number of fused-ring (bicyclic) bond motifs is 1. The predicted octanol–water partition coefficient (Wildman–Crippen LogP) is 2.70. The lowest BCUT2D eigenvalue weighted by Crippen LogP contribution is -2.25. The van der Waals surface area contributed by atoms with Gasteiger partial charge in [-0.2, -0.15) is 10.2 Å². The van der Waals surface area contributed by atoms with Crippen LogP contribution in [0.3, 0.4) is 0 Å². The van der Waals surface area contributed by atoms with Gasteiger partial charge in [-0.1, -0.05) is 29.8 Å². The van der Waals surface area contributed by atoms with Gasteiger partial charge in [0.15, 0.2) is 5.52 Å². The van der Waals surface area contributed by atoms with Crippen LogP contribution in [-0.4, -0.2) is 26.0 Å². The molecule has 0 amide bonds. The van der Waals surface area contributed by atoms with Crippen LogP contribution in [0.1, 0.15) is 5.56 Å². The minimum atomic E-state index is -2.71. The highest BCUT2D eigenvalue weighted by Crippen LogP contribution is 2.21. The van der Waals surface area contributed by atoms with E-state index in [1.807, 2.05) is 0 Å². The highest BCUT2D eigenvalue weighted by molar-refractivity contribution is 6.34. The average Bonchev–Trinajstić information content (AvgIpc) is 2.82. The Morgan fingerprint density at radius 1 is 1.22 bits per heavy atom. The van der Waals surface area contributed by atoms with Crippen LogP contribution >= 0.6 is 11.6 Å². The molecule has 3 rings (SSSR count). The van der Waals surface area contributed by atoms with Crippen LogP contribution < -0.4 is 5.56 Å². The number of alkyl halides is 2. The van der Waals surface area contributed by atoms with Crippen LogP contribution in [0.4, 0.5) is 13.2 Å². The lowest BCUT2D eigenvalue weighted by atomic mass is 10.2. The first-order valence-electron chi connectivity index (χ1n) is 6.61. The zero-order chi connectivity index (χ0) is 16.6. The molecule has 0 atom stereocenters. The first-order valence-corrected chi connectivity index (χ1v) is 6.99. The monoisotopic (exact) mass is 342 g/mol. The van der Waals surface area contributed by atoms with Gasteiger partial charge in [-0.05, 0) is 6.07 Å². The van der Waals surface area contributed by atoms with Crippen molar-refractivity contribution in [3.05, 3.63) is 57.3 Å². The average molecular weight is 343 g/mol.